The molecule has 0 radical (unpaired) electrons. The Morgan fingerprint density at radius 1 is 1.33 bits per heavy atom. The lowest BCUT2D eigenvalue weighted by molar-refractivity contribution is -0.145. The maximum Gasteiger partial charge on any atom is 0.306 e. The highest BCUT2D eigenvalue weighted by atomic mass is 16.4. The summed E-state index contributed by atoms with van der Waals surface area (Å²) in [5.41, 5.74) is 0. The van der Waals surface area contributed by atoms with Crippen molar-refractivity contribution in [2.45, 2.75) is 32.6 Å². The molecule has 86 valence electrons. The van der Waals surface area contributed by atoms with Gasteiger partial charge in [0.25, 0.3) is 0 Å². The second kappa shape index (κ2) is 5.14. The van der Waals surface area contributed by atoms with E-state index in [0.29, 0.717) is 13.0 Å². The van der Waals surface area contributed by atoms with Crippen molar-refractivity contribution in [2.24, 2.45) is 11.8 Å². The van der Waals surface area contributed by atoms with Crippen LogP contribution in [0.1, 0.15) is 32.6 Å². The predicted octanol–water partition coefficient (Wildman–Crippen LogP) is 1.36. The van der Waals surface area contributed by atoms with E-state index in [4.69, 9.17) is 5.11 Å². The minimum atomic E-state index is -0.758. The highest BCUT2D eigenvalue weighted by molar-refractivity contribution is 5.80. The summed E-state index contributed by atoms with van der Waals surface area (Å²) < 4.78 is 0. The average molecular weight is 213 g/mol. The topological polar surface area (TPSA) is 57.6 Å². The van der Waals surface area contributed by atoms with Crippen molar-refractivity contribution in [1.29, 1.82) is 0 Å². The smallest absolute Gasteiger partial charge is 0.306 e. The molecule has 15 heavy (non-hydrogen) atoms. The normalized spacial score (nSPS) is 26.0. The number of aliphatic carboxylic acids is 1. The van der Waals surface area contributed by atoms with E-state index in [0.717, 1.165) is 19.3 Å². The molecule has 4 heteroatoms. The Kier molecular flexibility index (Phi) is 4.12. The molecule has 1 fully saturated rings. The fourth-order valence-corrected chi connectivity index (χ4v) is 2.11. The first-order valence-corrected chi connectivity index (χ1v) is 5.54. The van der Waals surface area contributed by atoms with E-state index in [9.17, 15) is 9.59 Å². The summed E-state index contributed by atoms with van der Waals surface area (Å²) in [6.45, 7) is 2.61. The van der Waals surface area contributed by atoms with E-state index in [1.165, 1.54) is 0 Å². The molecule has 0 aromatic heterocycles. The lowest BCUT2D eigenvalue weighted by atomic mass is 9.81. The van der Waals surface area contributed by atoms with E-state index >= 15 is 0 Å². The first-order valence-electron chi connectivity index (χ1n) is 5.54. The summed E-state index contributed by atoms with van der Waals surface area (Å²) in [7, 11) is 1.77. The van der Waals surface area contributed by atoms with E-state index < -0.39 is 5.97 Å². The molecule has 1 N–H and O–H groups in total. The molecule has 0 bridgehead atoms. The molecule has 0 aliphatic heterocycles. The van der Waals surface area contributed by atoms with Crippen LogP contribution in [-0.2, 0) is 9.59 Å². The highest BCUT2D eigenvalue weighted by Crippen LogP contribution is 2.30. The van der Waals surface area contributed by atoms with Gasteiger partial charge in [0.15, 0.2) is 0 Å². The van der Waals surface area contributed by atoms with Crippen molar-refractivity contribution in [3.8, 4) is 0 Å². The SMILES string of the molecule is CCN(C)C(=O)C1CCCC(C(=O)O)C1. The molecule has 2 atom stereocenters. The first-order chi connectivity index (χ1) is 7.06. The quantitative estimate of drug-likeness (QED) is 0.770. The van der Waals surface area contributed by atoms with Gasteiger partial charge in [0.2, 0.25) is 5.91 Å². The molecule has 1 amide bonds. The van der Waals surface area contributed by atoms with E-state index in [-0.39, 0.29) is 17.7 Å². The van der Waals surface area contributed by atoms with Crippen LogP contribution in [0.4, 0.5) is 0 Å². The number of hydrogen-bond donors (Lipinski definition) is 1. The largest absolute Gasteiger partial charge is 0.481 e. The van der Waals surface area contributed by atoms with Crippen molar-refractivity contribution in [1.82, 2.24) is 4.90 Å². The van der Waals surface area contributed by atoms with Gasteiger partial charge in [-0.1, -0.05) is 6.42 Å². The number of hydrogen-bond acceptors (Lipinski definition) is 2. The van der Waals surface area contributed by atoms with Gasteiger partial charge in [-0.05, 0) is 26.2 Å². The van der Waals surface area contributed by atoms with Crippen molar-refractivity contribution in [3.05, 3.63) is 0 Å². The molecule has 4 nitrogen and oxygen atoms in total. The lowest BCUT2D eigenvalue weighted by Crippen LogP contribution is -2.36. The van der Waals surface area contributed by atoms with Crippen molar-refractivity contribution >= 4 is 11.9 Å². The van der Waals surface area contributed by atoms with Crippen molar-refractivity contribution in [2.75, 3.05) is 13.6 Å². The molecule has 0 spiro atoms. The van der Waals surface area contributed by atoms with E-state index in [1.54, 1.807) is 11.9 Å². The van der Waals surface area contributed by atoms with Gasteiger partial charge in [-0.25, -0.2) is 0 Å². The maximum absolute atomic E-state index is 11.8. The van der Waals surface area contributed by atoms with Gasteiger partial charge >= 0.3 is 5.97 Å². The zero-order valence-corrected chi connectivity index (χ0v) is 9.40. The van der Waals surface area contributed by atoms with Crippen molar-refractivity contribution in [3.63, 3.8) is 0 Å². The van der Waals surface area contributed by atoms with E-state index in [2.05, 4.69) is 0 Å². The van der Waals surface area contributed by atoms with Gasteiger partial charge in [0.1, 0.15) is 0 Å². The molecule has 0 saturated heterocycles. The predicted molar refractivity (Wildman–Crippen MR) is 56.4 cm³/mol. The molecule has 1 saturated carbocycles. The van der Waals surface area contributed by atoms with Crippen LogP contribution >= 0.6 is 0 Å². The Morgan fingerprint density at radius 3 is 2.47 bits per heavy atom. The molecule has 0 aromatic carbocycles. The molecule has 1 rings (SSSR count). The molecule has 0 heterocycles. The third-order valence-corrected chi connectivity index (χ3v) is 3.22. The summed E-state index contributed by atoms with van der Waals surface area (Å²) in [5.74, 6) is -1.06. The summed E-state index contributed by atoms with van der Waals surface area (Å²) in [6.07, 6.45) is 2.92. The Morgan fingerprint density at radius 2 is 1.93 bits per heavy atom. The Bertz CT molecular complexity index is 252. The monoisotopic (exact) mass is 213 g/mol. The molecule has 0 aromatic rings. The minimum Gasteiger partial charge on any atom is -0.481 e. The van der Waals surface area contributed by atoms with Gasteiger partial charge in [0, 0.05) is 19.5 Å². The third-order valence-electron chi connectivity index (χ3n) is 3.22. The number of carboxylic acid groups (broad SMARTS) is 1. The Hall–Kier alpha value is -1.06. The first kappa shape index (κ1) is 12.0. The number of carbonyl (C=O) groups excluding carboxylic acids is 1. The van der Waals surface area contributed by atoms with Crippen LogP contribution in [0.25, 0.3) is 0 Å². The number of amides is 1. The highest BCUT2D eigenvalue weighted by Gasteiger charge is 2.31. The van der Waals surface area contributed by atoms with Gasteiger partial charge in [-0.3, -0.25) is 9.59 Å². The van der Waals surface area contributed by atoms with Crippen LogP contribution in [0.3, 0.4) is 0 Å². The van der Waals surface area contributed by atoms with Gasteiger partial charge in [0.05, 0.1) is 5.92 Å². The van der Waals surface area contributed by atoms with Crippen LogP contribution < -0.4 is 0 Å². The average Bonchev–Trinajstić information content (AvgIpc) is 2.27. The van der Waals surface area contributed by atoms with Crippen LogP contribution in [0.15, 0.2) is 0 Å². The zero-order chi connectivity index (χ0) is 11.4. The summed E-state index contributed by atoms with van der Waals surface area (Å²) >= 11 is 0. The summed E-state index contributed by atoms with van der Waals surface area (Å²) in [5, 5.41) is 8.91. The summed E-state index contributed by atoms with van der Waals surface area (Å²) in [4.78, 5) is 24.3. The van der Waals surface area contributed by atoms with Gasteiger partial charge < -0.3 is 10.0 Å². The van der Waals surface area contributed by atoms with Gasteiger partial charge in [-0.2, -0.15) is 0 Å². The third kappa shape index (κ3) is 2.94. The Labute approximate surface area is 90.3 Å². The Balaban J connectivity index is 2.56. The van der Waals surface area contributed by atoms with Crippen LogP contribution in [0.5, 0.6) is 0 Å². The second-order valence-corrected chi connectivity index (χ2v) is 4.25. The molecule has 1 aliphatic rings. The molecular weight excluding hydrogens is 194 g/mol. The molecule has 2 unspecified atom stereocenters. The maximum atomic E-state index is 11.8. The number of rotatable bonds is 3. The van der Waals surface area contributed by atoms with E-state index in [1.807, 2.05) is 6.92 Å². The van der Waals surface area contributed by atoms with Crippen LogP contribution in [-0.4, -0.2) is 35.5 Å². The minimum absolute atomic E-state index is 0.0789. The van der Waals surface area contributed by atoms with Crippen LogP contribution in [0.2, 0.25) is 0 Å². The molecule has 1 aliphatic carbocycles. The van der Waals surface area contributed by atoms with Gasteiger partial charge in [-0.15, -0.1) is 0 Å². The number of carboxylic acids is 1. The second-order valence-electron chi connectivity index (χ2n) is 4.25. The summed E-state index contributed by atoms with van der Waals surface area (Å²) in [6, 6.07) is 0. The fraction of sp³-hybridized carbons (Fsp3) is 0.818. The van der Waals surface area contributed by atoms with Crippen molar-refractivity contribution < 1.29 is 14.7 Å². The lowest BCUT2D eigenvalue weighted by Gasteiger charge is -2.28. The standard InChI is InChI=1S/C11H19NO3/c1-3-12(2)10(13)8-5-4-6-9(7-8)11(14)15/h8-9H,3-7H2,1-2H3,(H,14,15). The number of carbonyl (C=O) groups is 2. The number of nitrogens with zero attached hydrogens (tertiary/aromatic N) is 1. The zero-order valence-electron chi connectivity index (χ0n) is 9.40. The van der Waals surface area contributed by atoms with Crippen LogP contribution in [0, 0.1) is 11.8 Å². The molecular formula is C11H19NO3. The fourth-order valence-electron chi connectivity index (χ4n) is 2.11.